The minimum Gasteiger partial charge on any atom is -0.493 e. The van der Waals surface area contributed by atoms with Crippen LogP contribution < -0.4 is 15.4 Å². The van der Waals surface area contributed by atoms with Crippen molar-refractivity contribution >= 4 is 12.0 Å². The predicted molar refractivity (Wildman–Crippen MR) is 144 cm³/mol. The first-order valence-electron chi connectivity index (χ1n) is 13.2. The predicted octanol–water partition coefficient (Wildman–Crippen LogP) is 4.03. The van der Waals surface area contributed by atoms with Crippen LogP contribution in [0.5, 0.6) is 5.75 Å². The van der Waals surface area contributed by atoms with Crippen LogP contribution in [0, 0.1) is 5.92 Å². The number of nitrogens with zero attached hydrogens (tertiary/aromatic N) is 1. The van der Waals surface area contributed by atoms with E-state index in [9.17, 15) is 9.59 Å². The van der Waals surface area contributed by atoms with Crippen molar-refractivity contribution in [1.29, 1.82) is 0 Å². The van der Waals surface area contributed by atoms with Crippen LogP contribution in [0.2, 0.25) is 0 Å². The standard InChI is InChI=1S/C29H41N3O5/c1-5-23-12-13-24(16-27(23)36-15-9-14-35-4)28(33)32(21(2)3)19-25-17-30-18-26(25)31-29(34)37-20-22-10-7-6-8-11-22/h6-8,10-13,16,21,25-26,30H,5,9,14-15,17-20H2,1-4H3,(H,31,34)/t25-,26+/m0/s1. The van der Waals surface area contributed by atoms with Crippen LogP contribution in [0.25, 0.3) is 0 Å². The van der Waals surface area contributed by atoms with Crippen molar-refractivity contribution in [2.45, 2.75) is 52.3 Å². The molecule has 202 valence electrons. The summed E-state index contributed by atoms with van der Waals surface area (Å²) in [4.78, 5) is 27.9. The Labute approximate surface area is 220 Å². The Bertz CT molecular complexity index is 998. The molecule has 0 aromatic heterocycles. The maximum absolute atomic E-state index is 13.6. The third-order valence-electron chi connectivity index (χ3n) is 6.62. The number of carbonyl (C=O) groups excluding carboxylic acids is 2. The van der Waals surface area contributed by atoms with Gasteiger partial charge in [0, 0.05) is 57.3 Å². The number of benzene rings is 2. The summed E-state index contributed by atoms with van der Waals surface area (Å²) in [6.07, 6.45) is 1.16. The lowest BCUT2D eigenvalue weighted by molar-refractivity contribution is 0.0666. The van der Waals surface area contributed by atoms with E-state index >= 15 is 0 Å². The van der Waals surface area contributed by atoms with E-state index in [0.717, 1.165) is 29.7 Å². The minimum atomic E-state index is -0.449. The third kappa shape index (κ3) is 8.47. The van der Waals surface area contributed by atoms with Gasteiger partial charge < -0.3 is 29.7 Å². The van der Waals surface area contributed by atoms with E-state index < -0.39 is 6.09 Å². The number of rotatable bonds is 13. The zero-order valence-electron chi connectivity index (χ0n) is 22.5. The minimum absolute atomic E-state index is 0.00398. The Balaban J connectivity index is 1.63. The first-order chi connectivity index (χ1) is 17.9. The number of hydrogen-bond donors (Lipinski definition) is 2. The molecule has 1 saturated heterocycles. The summed E-state index contributed by atoms with van der Waals surface area (Å²) in [5, 5.41) is 6.33. The van der Waals surface area contributed by atoms with Crippen LogP contribution in [0.1, 0.15) is 48.7 Å². The molecule has 0 radical (unpaired) electrons. The van der Waals surface area contributed by atoms with E-state index in [4.69, 9.17) is 14.2 Å². The lowest BCUT2D eigenvalue weighted by atomic mass is 10.0. The highest BCUT2D eigenvalue weighted by Gasteiger charge is 2.33. The van der Waals surface area contributed by atoms with Gasteiger partial charge in [0.05, 0.1) is 12.6 Å². The van der Waals surface area contributed by atoms with Crippen molar-refractivity contribution in [1.82, 2.24) is 15.5 Å². The highest BCUT2D eigenvalue weighted by atomic mass is 16.5. The van der Waals surface area contributed by atoms with Crippen LogP contribution in [0.4, 0.5) is 4.79 Å². The van der Waals surface area contributed by atoms with Crippen molar-refractivity contribution < 1.29 is 23.8 Å². The Hall–Kier alpha value is -3.10. The lowest BCUT2D eigenvalue weighted by Gasteiger charge is -2.32. The SMILES string of the molecule is CCc1ccc(C(=O)N(C[C@@H]2CNC[C@H]2NC(=O)OCc2ccccc2)C(C)C)cc1OCCCOC. The van der Waals surface area contributed by atoms with E-state index in [-0.39, 0.29) is 30.5 Å². The topological polar surface area (TPSA) is 89.1 Å². The van der Waals surface area contributed by atoms with E-state index in [2.05, 4.69) is 17.6 Å². The van der Waals surface area contributed by atoms with Gasteiger partial charge in [-0.2, -0.15) is 0 Å². The molecule has 8 nitrogen and oxygen atoms in total. The molecule has 2 aromatic carbocycles. The van der Waals surface area contributed by atoms with Crippen LogP contribution in [0.3, 0.4) is 0 Å². The summed E-state index contributed by atoms with van der Waals surface area (Å²) in [5.41, 5.74) is 2.61. The number of aryl methyl sites for hydroxylation is 1. The fourth-order valence-electron chi connectivity index (χ4n) is 4.46. The van der Waals surface area contributed by atoms with Gasteiger partial charge in [-0.25, -0.2) is 4.79 Å². The molecule has 0 unspecified atom stereocenters. The van der Waals surface area contributed by atoms with Gasteiger partial charge in [-0.05, 0) is 43.5 Å². The summed E-state index contributed by atoms with van der Waals surface area (Å²) in [6.45, 7) is 9.35. The van der Waals surface area contributed by atoms with Crippen LogP contribution in [0.15, 0.2) is 48.5 Å². The number of amides is 2. The third-order valence-corrected chi connectivity index (χ3v) is 6.62. The Kier molecular flexibility index (Phi) is 11.2. The van der Waals surface area contributed by atoms with Gasteiger partial charge in [0.15, 0.2) is 0 Å². The molecule has 0 spiro atoms. The molecule has 2 N–H and O–H groups in total. The first kappa shape index (κ1) is 28.5. The fraction of sp³-hybridized carbons (Fsp3) is 0.517. The molecule has 1 aliphatic rings. The molecule has 2 aromatic rings. The number of hydrogen-bond acceptors (Lipinski definition) is 6. The molecule has 3 rings (SSSR count). The summed E-state index contributed by atoms with van der Waals surface area (Å²) in [5.74, 6) is 0.767. The number of alkyl carbamates (subject to hydrolysis) is 1. The molecule has 0 aliphatic carbocycles. The van der Waals surface area contributed by atoms with Crippen LogP contribution in [-0.2, 0) is 22.5 Å². The fourth-order valence-corrected chi connectivity index (χ4v) is 4.46. The summed E-state index contributed by atoms with van der Waals surface area (Å²) < 4.78 is 16.5. The molecular formula is C29H41N3O5. The van der Waals surface area contributed by atoms with E-state index in [0.29, 0.717) is 38.4 Å². The van der Waals surface area contributed by atoms with Gasteiger partial charge in [-0.3, -0.25) is 4.79 Å². The van der Waals surface area contributed by atoms with Gasteiger partial charge in [0.25, 0.3) is 5.91 Å². The molecule has 1 aliphatic heterocycles. The second-order valence-electron chi connectivity index (χ2n) is 9.65. The Morgan fingerprint density at radius 2 is 1.89 bits per heavy atom. The number of carbonyl (C=O) groups is 2. The molecule has 2 atom stereocenters. The van der Waals surface area contributed by atoms with Crippen molar-refractivity contribution in [2.75, 3.05) is 40.0 Å². The molecule has 1 heterocycles. The molecule has 8 heteroatoms. The van der Waals surface area contributed by atoms with Gasteiger partial charge in [0.1, 0.15) is 12.4 Å². The Morgan fingerprint density at radius 3 is 2.59 bits per heavy atom. The quantitative estimate of drug-likeness (QED) is 0.395. The molecule has 37 heavy (non-hydrogen) atoms. The summed E-state index contributed by atoms with van der Waals surface area (Å²) in [6, 6.07) is 15.2. The van der Waals surface area contributed by atoms with Crippen molar-refractivity contribution in [3.8, 4) is 5.75 Å². The monoisotopic (exact) mass is 511 g/mol. The van der Waals surface area contributed by atoms with Crippen molar-refractivity contribution in [3.63, 3.8) is 0 Å². The number of methoxy groups -OCH3 is 1. The van der Waals surface area contributed by atoms with Crippen LogP contribution >= 0.6 is 0 Å². The van der Waals surface area contributed by atoms with Crippen molar-refractivity contribution in [2.24, 2.45) is 5.92 Å². The molecule has 1 fully saturated rings. The smallest absolute Gasteiger partial charge is 0.407 e. The zero-order chi connectivity index (χ0) is 26.6. The second-order valence-corrected chi connectivity index (χ2v) is 9.65. The molecule has 0 bridgehead atoms. The van der Waals surface area contributed by atoms with Gasteiger partial charge in [0.2, 0.25) is 0 Å². The maximum atomic E-state index is 13.6. The van der Waals surface area contributed by atoms with Gasteiger partial charge in [-0.1, -0.05) is 43.3 Å². The molecular weight excluding hydrogens is 470 g/mol. The van der Waals surface area contributed by atoms with Gasteiger partial charge in [-0.15, -0.1) is 0 Å². The van der Waals surface area contributed by atoms with Crippen molar-refractivity contribution in [3.05, 3.63) is 65.2 Å². The summed E-state index contributed by atoms with van der Waals surface area (Å²) >= 11 is 0. The summed E-state index contributed by atoms with van der Waals surface area (Å²) in [7, 11) is 1.67. The normalized spacial score (nSPS) is 17.0. The van der Waals surface area contributed by atoms with E-state index in [1.165, 1.54) is 0 Å². The average Bonchev–Trinajstić information content (AvgIpc) is 3.34. The van der Waals surface area contributed by atoms with Crippen LogP contribution in [-0.4, -0.2) is 68.9 Å². The average molecular weight is 512 g/mol. The largest absolute Gasteiger partial charge is 0.493 e. The Morgan fingerprint density at radius 1 is 1.11 bits per heavy atom. The number of ether oxygens (including phenoxy) is 3. The number of nitrogens with one attached hydrogen (secondary N) is 2. The second kappa shape index (κ2) is 14.6. The highest BCUT2D eigenvalue weighted by molar-refractivity contribution is 5.95. The highest BCUT2D eigenvalue weighted by Crippen LogP contribution is 2.24. The van der Waals surface area contributed by atoms with E-state index in [1.54, 1.807) is 7.11 Å². The first-order valence-corrected chi connectivity index (χ1v) is 13.2. The molecule has 0 saturated carbocycles. The van der Waals surface area contributed by atoms with Gasteiger partial charge >= 0.3 is 6.09 Å². The lowest BCUT2D eigenvalue weighted by Crippen LogP contribution is -2.47. The zero-order valence-corrected chi connectivity index (χ0v) is 22.5. The van der Waals surface area contributed by atoms with E-state index in [1.807, 2.05) is 67.3 Å². The molecule has 2 amide bonds. The maximum Gasteiger partial charge on any atom is 0.407 e.